The van der Waals surface area contributed by atoms with E-state index in [9.17, 15) is 0 Å². The van der Waals surface area contributed by atoms with Crippen LogP contribution < -0.4 is 0 Å². The molecule has 0 bridgehead atoms. The van der Waals surface area contributed by atoms with Gasteiger partial charge < -0.3 is 4.42 Å². The fourth-order valence-electron chi connectivity index (χ4n) is 2.15. The Bertz CT molecular complexity index is 737. The lowest BCUT2D eigenvalue weighted by Crippen LogP contribution is -1.61. The zero-order valence-electron chi connectivity index (χ0n) is 8.44. The number of furan rings is 1. The highest BCUT2D eigenvalue weighted by Crippen LogP contribution is 2.40. The van der Waals surface area contributed by atoms with Gasteiger partial charge in [0, 0.05) is 15.5 Å². The maximum absolute atomic E-state index is 5.92. The fourth-order valence-corrected chi connectivity index (χ4v) is 3.31. The van der Waals surface area contributed by atoms with Gasteiger partial charge in [0.2, 0.25) is 0 Å². The van der Waals surface area contributed by atoms with Crippen molar-refractivity contribution in [3.05, 3.63) is 48.5 Å². The van der Waals surface area contributed by atoms with Crippen LogP contribution in [0.25, 0.3) is 31.3 Å². The topological polar surface area (TPSA) is 13.1 Å². The van der Waals surface area contributed by atoms with E-state index in [4.69, 9.17) is 4.42 Å². The van der Waals surface area contributed by atoms with E-state index < -0.39 is 0 Å². The number of para-hydroxylation sites is 1. The molecule has 4 rings (SSSR count). The summed E-state index contributed by atoms with van der Waals surface area (Å²) in [4.78, 5) is 0. The van der Waals surface area contributed by atoms with Gasteiger partial charge in [-0.25, -0.2) is 0 Å². The molecular weight excluding hydrogens is 216 g/mol. The largest absolute Gasteiger partial charge is 0.454 e. The van der Waals surface area contributed by atoms with Crippen LogP contribution in [0, 0.1) is 0 Å². The lowest BCUT2D eigenvalue weighted by Gasteiger charge is -1.87. The van der Waals surface area contributed by atoms with Crippen molar-refractivity contribution < 1.29 is 4.42 Å². The Balaban J connectivity index is 2.35. The van der Waals surface area contributed by atoms with Crippen molar-refractivity contribution in [2.24, 2.45) is 0 Å². The molecule has 0 N–H and O–H groups in total. The van der Waals surface area contributed by atoms with Gasteiger partial charge in [-0.1, -0.05) is 24.3 Å². The zero-order valence-corrected chi connectivity index (χ0v) is 9.25. The average Bonchev–Trinajstić information content (AvgIpc) is 2.85. The first kappa shape index (κ1) is 8.36. The third-order valence-corrected chi connectivity index (χ3v) is 4.08. The van der Waals surface area contributed by atoms with Crippen LogP contribution >= 0.6 is 11.3 Å². The van der Waals surface area contributed by atoms with Gasteiger partial charge in [-0.3, -0.25) is 0 Å². The van der Waals surface area contributed by atoms with Crippen molar-refractivity contribution in [3.63, 3.8) is 0 Å². The first-order valence-electron chi connectivity index (χ1n) is 5.22. The van der Waals surface area contributed by atoms with Gasteiger partial charge in [-0.15, -0.1) is 11.3 Å². The van der Waals surface area contributed by atoms with Crippen molar-refractivity contribution >= 4 is 42.7 Å². The third-order valence-electron chi connectivity index (χ3n) is 2.89. The summed E-state index contributed by atoms with van der Waals surface area (Å²) in [6.07, 6.45) is 0. The SMILES string of the molecule is c1ccc2c(c1)oc1c3ccccc3sc21. The molecule has 2 aromatic heterocycles. The first-order valence-corrected chi connectivity index (χ1v) is 6.04. The van der Waals surface area contributed by atoms with Gasteiger partial charge in [0.15, 0.2) is 5.58 Å². The molecule has 76 valence electrons. The lowest BCUT2D eigenvalue weighted by atomic mass is 10.2. The summed E-state index contributed by atoms with van der Waals surface area (Å²) in [7, 11) is 0. The second-order valence-corrected chi connectivity index (χ2v) is 4.91. The Morgan fingerprint density at radius 2 is 1.56 bits per heavy atom. The van der Waals surface area contributed by atoms with Crippen molar-refractivity contribution in [1.82, 2.24) is 0 Å². The Morgan fingerprint density at radius 1 is 0.812 bits per heavy atom. The van der Waals surface area contributed by atoms with Gasteiger partial charge in [-0.2, -0.15) is 0 Å². The van der Waals surface area contributed by atoms with Crippen LogP contribution in [0.2, 0.25) is 0 Å². The quantitative estimate of drug-likeness (QED) is 0.418. The van der Waals surface area contributed by atoms with E-state index in [1.807, 2.05) is 12.1 Å². The van der Waals surface area contributed by atoms with E-state index in [-0.39, 0.29) is 0 Å². The summed E-state index contributed by atoms with van der Waals surface area (Å²) in [6, 6.07) is 16.6. The molecule has 0 fully saturated rings. The van der Waals surface area contributed by atoms with E-state index in [0.29, 0.717) is 0 Å². The Hall–Kier alpha value is -1.80. The standard InChI is InChI=1S/C14H8OS/c1-3-7-11-9(5-1)14-13(15-11)10-6-2-4-8-12(10)16-14/h1-8H. The normalized spacial score (nSPS) is 11.8. The van der Waals surface area contributed by atoms with Crippen LogP contribution in [-0.4, -0.2) is 0 Å². The van der Waals surface area contributed by atoms with Gasteiger partial charge in [-0.05, 0) is 24.3 Å². The highest BCUT2D eigenvalue weighted by molar-refractivity contribution is 7.26. The van der Waals surface area contributed by atoms with E-state index >= 15 is 0 Å². The van der Waals surface area contributed by atoms with Crippen LogP contribution in [0.5, 0.6) is 0 Å². The second-order valence-electron chi connectivity index (χ2n) is 3.85. The minimum Gasteiger partial charge on any atom is -0.454 e. The van der Waals surface area contributed by atoms with Crippen molar-refractivity contribution in [2.45, 2.75) is 0 Å². The number of fused-ring (bicyclic) bond motifs is 5. The van der Waals surface area contributed by atoms with E-state index in [1.165, 1.54) is 20.2 Å². The van der Waals surface area contributed by atoms with Crippen LogP contribution in [0.4, 0.5) is 0 Å². The molecule has 2 aromatic carbocycles. The van der Waals surface area contributed by atoms with Crippen LogP contribution in [0.3, 0.4) is 0 Å². The molecule has 0 spiro atoms. The van der Waals surface area contributed by atoms with Gasteiger partial charge in [0.05, 0.1) is 4.70 Å². The van der Waals surface area contributed by atoms with E-state index in [0.717, 1.165) is 11.2 Å². The molecular formula is C14H8OS. The third kappa shape index (κ3) is 0.947. The van der Waals surface area contributed by atoms with Gasteiger partial charge in [0.25, 0.3) is 0 Å². The molecule has 0 saturated heterocycles. The van der Waals surface area contributed by atoms with E-state index in [2.05, 4.69) is 36.4 Å². The Kier molecular flexibility index (Phi) is 1.50. The summed E-state index contributed by atoms with van der Waals surface area (Å²) < 4.78 is 8.47. The van der Waals surface area contributed by atoms with E-state index in [1.54, 1.807) is 11.3 Å². The molecule has 2 heteroatoms. The molecule has 0 aliphatic rings. The summed E-state index contributed by atoms with van der Waals surface area (Å²) in [5.41, 5.74) is 2.01. The minimum atomic E-state index is 0.981. The highest BCUT2D eigenvalue weighted by atomic mass is 32.1. The van der Waals surface area contributed by atoms with Gasteiger partial charge in [0.1, 0.15) is 5.58 Å². The van der Waals surface area contributed by atoms with Crippen LogP contribution in [-0.2, 0) is 0 Å². The Morgan fingerprint density at radius 3 is 2.50 bits per heavy atom. The monoisotopic (exact) mass is 224 g/mol. The van der Waals surface area contributed by atoms with Crippen LogP contribution in [0.1, 0.15) is 0 Å². The summed E-state index contributed by atoms with van der Waals surface area (Å²) in [5.74, 6) is 0. The number of rotatable bonds is 0. The maximum atomic E-state index is 5.92. The molecule has 0 aliphatic carbocycles. The average molecular weight is 224 g/mol. The molecule has 0 radical (unpaired) electrons. The smallest absolute Gasteiger partial charge is 0.154 e. The highest BCUT2D eigenvalue weighted by Gasteiger charge is 2.12. The molecule has 16 heavy (non-hydrogen) atoms. The predicted octanol–water partition coefficient (Wildman–Crippen LogP) is 4.80. The van der Waals surface area contributed by atoms with Gasteiger partial charge >= 0.3 is 0 Å². The molecule has 1 nitrogen and oxygen atoms in total. The summed E-state index contributed by atoms with van der Waals surface area (Å²) in [5, 5.41) is 2.44. The number of thiophene rings is 1. The zero-order chi connectivity index (χ0) is 10.5. The Labute approximate surface area is 95.9 Å². The lowest BCUT2D eigenvalue weighted by molar-refractivity contribution is 0.673. The second kappa shape index (κ2) is 2.86. The number of benzene rings is 2. The molecule has 0 atom stereocenters. The van der Waals surface area contributed by atoms with Crippen molar-refractivity contribution in [1.29, 1.82) is 0 Å². The number of hydrogen-bond donors (Lipinski definition) is 0. The molecule has 0 saturated carbocycles. The molecule has 0 unspecified atom stereocenters. The molecule has 4 aromatic rings. The van der Waals surface area contributed by atoms with Crippen molar-refractivity contribution in [2.75, 3.05) is 0 Å². The number of hydrogen-bond acceptors (Lipinski definition) is 2. The first-order chi connectivity index (χ1) is 7.93. The molecule has 2 heterocycles. The fraction of sp³-hybridized carbons (Fsp3) is 0. The maximum Gasteiger partial charge on any atom is 0.154 e. The summed E-state index contributed by atoms with van der Waals surface area (Å²) in [6.45, 7) is 0. The minimum absolute atomic E-state index is 0.981. The van der Waals surface area contributed by atoms with Crippen LogP contribution in [0.15, 0.2) is 52.9 Å². The molecule has 0 aliphatic heterocycles. The predicted molar refractivity (Wildman–Crippen MR) is 69.1 cm³/mol. The van der Waals surface area contributed by atoms with Crippen molar-refractivity contribution in [3.8, 4) is 0 Å². The summed E-state index contributed by atoms with van der Waals surface area (Å²) >= 11 is 1.80. The molecule has 0 amide bonds.